The third kappa shape index (κ3) is 9.46. The Morgan fingerprint density at radius 3 is 2.22 bits per heavy atom. The molecule has 1 N–H and O–H groups in total. The number of nitro benzene ring substituents is 1. The molecule has 2 atom stereocenters. The van der Waals surface area contributed by atoms with Crippen LogP contribution in [0, 0.1) is 10.1 Å². The fourth-order valence-electron chi connectivity index (χ4n) is 4.75. The van der Waals surface area contributed by atoms with Gasteiger partial charge < -0.3 is 14.6 Å². The van der Waals surface area contributed by atoms with Crippen molar-refractivity contribution in [3.05, 3.63) is 123 Å². The average Bonchev–Trinajstić information content (AvgIpc) is 3.05. The first-order valence-corrected chi connectivity index (χ1v) is 16.1. The fourth-order valence-corrected chi connectivity index (χ4v) is 5.49. The molecule has 4 aromatic rings. The first-order valence-electron chi connectivity index (χ1n) is 14.7. The molecule has 0 bridgehead atoms. The first kappa shape index (κ1) is 34.3. The van der Waals surface area contributed by atoms with E-state index in [1.54, 1.807) is 24.3 Å². The summed E-state index contributed by atoms with van der Waals surface area (Å²) in [5, 5.41) is 13.8. The van der Waals surface area contributed by atoms with Gasteiger partial charge in [0.2, 0.25) is 5.91 Å². The lowest BCUT2D eigenvalue weighted by Crippen LogP contribution is -2.50. The minimum atomic E-state index is -3.15. The van der Waals surface area contributed by atoms with Crippen molar-refractivity contribution in [2.45, 2.75) is 51.7 Å². The van der Waals surface area contributed by atoms with Crippen molar-refractivity contribution in [1.29, 1.82) is 0 Å². The van der Waals surface area contributed by atoms with Crippen molar-refractivity contribution >= 4 is 46.1 Å². The van der Waals surface area contributed by atoms with Crippen molar-refractivity contribution in [2.75, 3.05) is 4.31 Å². The predicted octanol–water partition coefficient (Wildman–Crippen LogP) is 6.93. The number of hydrogen-bond donors (Lipinski definition) is 1. The summed E-state index contributed by atoms with van der Waals surface area (Å²) in [4.78, 5) is 37.0. The molecule has 0 radical (unpaired) electrons. The minimum absolute atomic E-state index is 0.0387. The Kier molecular flexibility index (Phi) is 12.4. The van der Waals surface area contributed by atoms with Crippen LogP contribution in [0.25, 0.3) is 11.1 Å². The largest absolute Gasteiger partial charge is 0.755 e. The number of anilines is 1. The van der Waals surface area contributed by atoms with Crippen LogP contribution in [0.1, 0.15) is 43.7 Å². The van der Waals surface area contributed by atoms with Crippen molar-refractivity contribution in [2.24, 2.45) is 0 Å². The van der Waals surface area contributed by atoms with Gasteiger partial charge in [0.25, 0.3) is 11.6 Å². The van der Waals surface area contributed by atoms with Gasteiger partial charge in [-0.3, -0.25) is 23.9 Å². The summed E-state index contributed by atoms with van der Waals surface area (Å²) >= 11 is 2.73. The van der Waals surface area contributed by atoms with Crippen LogP contribution in [0.5, 0.6) is 5.75 Å². The summed E-state index contributed by atoms with van der Waals surface area (Å²) in [6.07, 6.45) is 2.43. The van der Waals surface area contributed by atoms with Crippen molar-refractivity contribution < 1.29 is 28.0 Å². The zero-order chi connectivity index (χ0) is 33.1. The number of carbonyl (C=O) groups is 2. The maximum absolute atomic E-state index is 13.7. The van der Waals surface area contributed by atoms with Crippen LogP contribution in [0.3, 0.4) is 0 Å². The number of carbonyl (C=O) groups excluding carboxylic acids is 2. The van der Waals surface area contributed by atoms with Crippen LogP contribution in [-0.4, -0.2) is 31.5 Å². The maximum Gasteiger partial charge on any atom is 0.289 e. The third-order valence-electron chi connectivity index (χ3n) is 7.18. The number of nitrogens with zero attached hydrogens (tertiary/aromatic N) is 2. The van der Waals surface area contributed by atoms with Gasteiger partial charge in [-0.2, -0.15) is 0 Å². The topological polar surface area (TPSA) is 142 Å². The molecular weight excluding hydrogens is 630 g/mol. The van der Waals surface area contributed by atoms with Gasteiger partial charge in [0.15, 0.2) is 0 Å². The molecular formula is C34H33ClN3O7S-. The van der Waals surface area contributed by atoms with E-state index in [1.165, 1.54) is 6.07 Å². The molecule has 1 unspecified atom stereocenters. The Morgan fingerprint density at radius 1 is 0.935 bits per heavy atom. The normalized spacial score (nSPS) is 12.2. The molecule has 240 valence electrons. The number of benzene rings is 4. The van der Waals surface area contributed by atoms with Crippen molar-refractivity contribution in [3.63, 3.8) is 0 Å². The van der Waals surface area contributed by atoms with Crippen LogP contribution in [0.15, 0.2) is 97.1 Å². The Labute approximate surface area is 274 Å². The molecule has 0 saturated heterocycles. The molecule has 0 aliphatic heterocycles. The van der Waals surface area contributed by atoms with E-state index >= 15 is 0 Å². The second-order valence-corrected chi connectivity index (χ2v) is 11.7. The second kappa shape index (κ2) is 16.6. The van der Waals surface area contributed by atoms with Gasteiger partial charge in [-0.15, -0.1) is 0 Å². The van der Waals surface area contributed by atoms with Crippen molar-refractivity contribution in [3.8, 4) is 16.9 Å². The highest BCUT2D eigenvalue weighted by Crippen LogP contribution is 2.30. The monoisotopic (exact) mass is 662 g/mol. The highest BCUT2D eigenvalue weighted by Gasteiger charge is 2.30. The van der Waals surface area contributed by atoms with Crippen molar-refractivity contribution in [1.82, 2.24) is 5.32 Å². The number of ether oxygens (including phenoxy) is 1. The molecule has 0 spiro atoms. The summed E-state index contributed by atoms with van der Waals surface area (Å²) in [5.41, 5.74) is 2.99. The molecule has 0 aromatic heterocycles. The van der Waals surface area contributed by atoms with E-state index < -0.39 is 39.7 Å². The zero-order valence-corrected chi connectivity index (χ0v) is 26.7. The van der Waals surface area contributed by atoms with E-state index in [2.05, 4.69) is 5.32 Å². The van der Waals surface area contributed by atoms with E-state index in [0.29, 0.717) is 28.6 Å². The molecule has 0 aliphatic carbocycles. The van der Waals surface area contributed by atoms with E-state index in [0.717, 1.165) is 41.7 Å². The van der Waals surface area contributed by atoms with Crippen LogP contribution >= 0.6 is 11.6 Å². The number of halogens is 1. The molecule has 0 aliphatic rings. The van der Waals surface area contributed by atoms with Crippen LogP contribution in [-0.2, 0) is 33.9 Å². The van der Waals surface area contributed by atoms with Gasteiger partial charge in [-0.25, -0.2) is 4.31 Å². The number of hydrogen-bond acceptors (Lipinski definition) is 7. The molecule has 4 rings (SSSR count). The van der Waals surface area contributed by atoms with E-state index in [4.69, 9.17) is 16.3 Å². The maximum atomic E-state index is 13.7. The summed E-state index contributed by atoms with van der Waals surface area (Å²) in [7, 11) is 0. The van der Waals surface area contributed by atoms with Crippen LogP contribution in [0.4, 0.5) is 11.4 Å². The van der Waals surface area contributed by atoms with Gasteiger partial charge >= 0.3 is 0 Å². The number of nitrogens with one attached hydrogen (secondary N) is 1. The minimum Gasteiger partial charge on any atom is -0.755 e. The Balaban J connectivity index is 1.48. The van der Waals surface area contributed by atoms with E-state index in [1.807, 2.05) is 61.5 Å². The highest BCUT2D eigenvalue weighted by molar-refractivity contribution is 7.81. The Morgan fingerprint density at radius 2 is 1.59 bits per heavy atom. The lowest BCUT2D eigenvalue weighted by Gasteiger charge is -2.29. The van der Waals surface area contributed by atoms with E-state index in [9.17, 15) is 28.5 Å². The molecule has 0 heterocycles. The third-order valence-corrected chi connectivity index (χ3v) is 8.19. The lowest BCUT2D eigenvalue weighted by molar-refractivity contribution is -0.384. The van der Waals surface area contributed by atoms with Gasteiger partial charge in [0, 0.05) is 18.9 Å². The molecule has 4 aromatic carbocycles. The number of rotatable bonds is 15. The number of unbranched alkanes of at least 4 members (excludes halogenated alkanes) is 2. The van der Waals surface area contributed by atoms with Gasteiger partial charge in [-0.1, -0.05) is 98.1 Å². The standard InChI is InChI=1S/C34H34ClN3O7S/c1-2-3-5-10-33(39)36-31(34(40)37(46(43)44)28-17-20-30(35)32(22-28)38(41)42)21-24-13-18-29(19-14-24)45-23-25-11-15-27(16-12-25)26-8-6-4-7-9-26/h4,6-9,11-20,22,31H,2-3,5,10,21,23H2,1H3,(H,36,39)(H,43,44)/p-1/t31-/m0/s1. The summed E-state index contributed by atoms with van der Waals surface area (Å²) in [5.74, 6) is -0.810. The second-order valence-electron chi connectivity index (χ2n) is 10.5. The first-order chi connectivity index (χ1) is 22.2. The van der Waals surface area contributed by atoms with Crippen LogP contribution in [0.2, 0.25) is 5.02 Å². The van der Waals surface area contributed by atoms with Crippen LogP contribution < -0.4 is 14.4 Å². The zero-order valence-electron chi connectivity index (χ0n) is 25.1. The quantitative estimate of drug-likeness (QED) is 0.0629. The fraction of sp³-hybridized carbons (Fsp3) is 0.235. The SMILES string of the molecule is CCCCCC(=O)N[C@@H](Cc1ccc(OCc2ccc(-c3ccccc3)cc2)cc1)C(=O)N(c1ccc(Cl)c([N+](=O)[O-])c1)S(=O)[O-]. The smallest absolute Gasteiger partial charge is 0.289 e. The molecule has 2 amide bonds. The highest BCUT2D eigenvalue weighted by atomic mass is 35.5. The number of amides is 2. The number of nitro groups is 1. The molecule has 0 fully saturated rings. The summed E-state index contributed by atoms with van der Waals surface area (Å²) in [6.45, 7) is 2.33. The predicted molar refractivity (Wildman–Crippen MR) is 177 cm³/mol. The summed E-state index contributed by atoms with van der Waals surface area (Å²) in [6, 6.07) is 26.9. The average molecular weight is 663 g/mol. The molecule has 10 nitrogen and oxygen atoms in total. The van der Waals surface area contributed by atoms with Gasteiger partial charge in [-0.05, 0) is 52.9 Å². The Hall–Kier alpha value is -4.58. The molecule has 0 saturated carbocycles. The lowest BCUT2D eigenvalue weighted by atomic mass is 10.0. The summed E-state index contributed by atoms with van der Waals surface area (Å²) < 4.78 is 30.8. The van der Waals surface area contributed by atoms with Gasteiger partial charge in [0.1, 0.15) is 23.4 Å². The van der Waals surface area contributed by atoms with Gasteiger partial charge in [0.05, 0.1) is 21.9 Å². The van der Waals surface area contributed by atoms with E-state index in [-0.39, 0.29) is 23.6 Å². The Bertz CT molecular complexity index is 1670. The molecule has 46 heavy (non-hydrogen) atoms. The molecule has 12 heteroatoms.